The first-order chi connectivity index (χ1) is 19.0. The average molecular weight is 552 g/mol. The van der Waals surface area contributed by atoms with Gasteiger partial charge in [-0.3, -0.25) is 4.79 Å². The first kappa shape index (κ1) is 30.0. The predicted molar refractivity (Wildman–Crippen MR) is 149 cm³/mol. The third kappa shape index (κ3) is 7.96. The number of nitrogens with one attached hydrogen (secondary N) is 2. The molecule has 0 saturated carbocycles. The van der Waals surface area contributed by atoms with E-state index in [1.165, 1.54) is 14.2 Å². The molecule has 1 aromatic carbocycles. The number of esters is 1. The van der Waals surface area contributed by atoms with Gasteiger partial charge in [-0.15, -0.1) is 0 Å². The Bertz CT molecular complexity index is 1350. The number of benzene rings is 1. The van der Waals surface area contributed by atoms with E-state index in [1.54, 1.807) is 52.1 Å². The lowest BCUT2D eigenvalue weighted by atomic mass is 9.91. The maximum atomic E-state index is 15.3. The van der Waals surface area contributed by atoms with Gasteiger partial charge >= 0.3 is 5.97 Å². The Morgan fingerprint density at radius 2 is 1.62 bits per heavy atom. The van der Waals surface area contributed by atoms with Crippen molar-refractivity contribution in [2.24, 2.45) is 5.92 Å². The van der Waals surface area contributed by atoms with Crippen molar-refractivity contribution in [1.29, 1.82) is 5.26 Å². The van der Waals surface area contributed by atoms with Crippen molar-refractivity contribution in [1.82, 2.24) is 9.97 Å². The van der Waals surface area contributed by atoms with Crippen molar-refractivity contribution in [3.8, 4) is 23.6 Å². The van der Waals surface area contributed by atoms with E-state index in [9.17, 15) is 10.1 Å². The summed E-state index contributed by atoms with van der Waals surface area (Å²) in [4.78, 5) is 21.2. The molecule has 3 aromatic rings. The van der Waals surface area contributed by atoms with Crippen LogP contribution in [0.4, 0.5) is 21.7 Å². The summed E-state index contributed by atoms with van der Waals surface area (Å²) in [5, 5.41) is 15.8. The van der Waals surface area contributed by atoms with E-state index in [1.807, 2.05) is 25.1 Å². The molecule has 0 aliphatic rings. The minimum atomic E-state index is -0.727. The van der Waals surface area contributed by atoms with Gasteiger partial charge in [0.15, 0.2) is 17.5 Å². The zero-order valence-electron chi connectivity index (χ0n) is 23.7. The summed E-state index contributed by atoms with van der Waals surface area (Å²) in [5.41, 5.74) is 0.593. The highest BCUT2D eigenvalue weighted by Crippen LogP contribution is 2.33. The molecule has 0 amide bonds. The molecule has 0 spiro atoms. The number of hydrogen-bond acceptors (Lipinski definition) is 10. The van der Waals surface area contributed by atoms with Crippen molar-refractivity contribution >= 4 is 23.3 Å². The van der Waals surface area contributed by atoms with E-state index in [-0.39, 0.29) is 47.3 Å². The normalized spacial score (nSPS) is 12.5. The fourth-order valence-corrected chi connectivity index (χ4v) is 3.95. The third-order valence-electron chi connectivity index (χ3n) is 5.80. The van der Waals surface area contributed by atoms with Crippen molar-refractivity contribution in [3.05, 3.63) is 59.4 Å². The molecule has 0 aliphatic heterocycles. The molecule has 0 radical (unpaired) electrons. The lowest BCUT2D eigenvalue weighted by molar-refractivity contribution is -0.155. The van der Waals surface area contributed by atoms with Crippen molar-refractivity contribution in [2.75, 3.05) is 32.0 Å². The monoisotopic (exact) mass is 551 g/mol. The lowest BCUT2D eigenvalue weighted by Gasteiger charge is -2.28. The second kappa shape index (κ2) is 13.0. The number of aromatic nitrogens is 2. The molecule has 3 rings (SSSR count). The van der Waals surface area contributed by atoms with E-state index in [0.717, 1.165) is 11.6 Å². The Morgan fingerprint density at radius 1 is 1.00 bits per heavy atom. The molecule has 0 unspecified atom stereocenters. The van der Waals surface area contributed by atoms with Gasteiger partial charge in [-0.1, -0.05) is 19.1 Å². The van der Waals surface area contributed by atoms with Gasteiger partial charge in [0.1, 0.15) is 17.4 Å². The summed E-state index contributed by atoms with van der Waals surface area (Å²) in [7, 11) is 4.48. The Morgan fingerprint density at radius 3 is 2.15 bits per heavy atom. The molecule has 2 aromatic heterocycles. The van der Waals surface area contributed by atoms with Crippen LogP contribution < -0.4 is 24.8 Å². The Kier molecular flexibility index (Phi) is 9.72. The number of methoxy groups -OCH3 is 3. The SMILES string of the molecule is COc1ccc([C@@H](Nc2nc(Nc3cc(OC)nc(OC)c3)c(C#N)cc2F)[C@H](C)CC(=O)OC(C)(C)C)cc1. The first-order valence-corrected chi connectivity index (χ1v) is 12.6. The predicted octanol–water partition coefficient (Wildman–Crippen LogP) is 5.78. The van der Waals surface area contributed by atoms with Crippen molar-refractivity contribution in [2.45, 2.75) is 45.8 Å². The fourth-order valence-electron chi connectivity index (χ4n) is 3.95. The van der Waals surface area contributed by atoms with Gasteiger partial charge in [-0.05, 0) is 50.5 Å². The van der Waals surface area contributed by atoms with E-state index in [2.05, 4.69) is 20.6 Å². The Balaban J connectivity index is 1.99. The van der Waals surface area contributed by atoms with E-state index >= 15 is 4.39 Å². The molecule has 10 nitrogen and oxygen atoms in total. The van der Waals surface area contributed by atoms with Gasteiger partial charge in [0.05, 0.1) is 45.0 Å². The average Bonchev–Trinajstić information content (AvgIpc) is 2.91. The van der Waals surface area contributed by atoms with Crippen molar-refractivity contribution < 1.29 is 28.1 Å². The van der Waals surface area contributed by atoms with Crippen LogP contribution in [0.3, 0.4) is 0 Å². The number of nitriles is 1. The van der Waals surface area contributed by atoms with Crippen molar-refractivity contribution in [3.63, 3.8) is 0 Å². The number of carbonyl (C=O) groups is 1. The van der Waals surface area contributed by atoms with Gasteiger partial charge in [0, 0.05) is 12.1 Å². The van der Waals surface area contributed by atoms with E-state index in [0.29, 0.717) is 11.4 Å². The van der Waals surface area contributed by atoms with E-state index < -0.39 is 17.5 Å². The largest absolute Gasteiger partial charge is 0.497 e. The van der Waals surface area contributed by atoms with Crippen LogP contribution in [0, 0.1) is 23.1 Å². The molecular formula is C29H34FN5O5. The lowest BCUT2D eigenvalue weighted by Crippen LogP contribution is -2.28. The van der Waals surface area contributed by atoms with Crippen LogP contribution in [-0.2, 0) is 9.53 Å². The number of anilines is 3. The van der Waals surface area contributed by atoms with Crippen LogP contribution >= 0.6 is 0 Å². The first-order valence-electron chi connectivity index (χ1n) is 12.6. The molecule has 40 heavy (non-hydrogen) atoms. The summed E-state index contributed by atoms with van der Waals surface area (Å²) >= 11 is 0. The molecule has 2 N–H and O–H groups in total. The van der Waals surface area contributed by atoms with Crippen LogP contribution in [0.25, 0.3) is 0 Å². The summed E-state index contributed by atoms with van der Waals surface area (Å²) in [6, 6.07) is 12.9. The minimum absolute atomic E-state index is 0.0133. The topological polar surface area (TPSA) is 128 Å². The second-order valence-corrected chi connectivity index (χ2v) is 10.1. The number of carbonyl (C=O) groups excluding carboxylic acids is 1. The van der Waals surface area contributed by atoms with E-state index in [4.69, 9.17) is 18.9 Å². The van der Waals surface area contributed by atoms with Crippen LogP contribution in [0.15, 0.2) is 42.5 Å². The smallest absolute Gasteiger partial charge is 0.306 e. The molecule has 0 fully saturated rings. The Labute approximate surface area is 233 Å². The number of ether oxygens (including phenoxy) is 4. The summed E-state index contributed by atoms with van der Waals surface area (Å²) < 4.78 is 36.5. The standard InChI is InChI=1S/C29H34FN5O5/c1-17(12-25(36)40-29(2,3)4)26(18-8-10-21(37-5)11-9-18)34-28-22(30)13-19(16-31)27(35-28)32-20-14-23(38-6)33-24(15-20)39-7/h8-11,13-15,17,26H,12H2,1-7H3,(H2,32,33,34,35)/t17-,26+/m1/s1. The highest BCUT2D eigenvalue weighted by molar-refractivity contribution is 5.70. The van der Waals surface area contributed by atoms with Crippen LogP contribution in [0.1, 0.15) is 51.3 Å². The Hall–Kier alpha value is -4.59. The number of halogens is 1. The molecule has 11 heteroatoms. The maximum Gasteiger partial charge on any atom is 0.306 e. The highest BCUT2D eigenvalue weighted by atomic mass is 19.1. The molecule has 212 valence electrons. The number of nitrogens with zero attached hydrogens (tertiary/aromatic N) is 3. The minimum Gasteiger partial charge on any atom is -0.497 e. The number of rotatable bonds is 11. The van der Waals surface area contributed by atoms with Crippen LogP contribution in [0.5, 0.6) is 17.5 Å². The third-order valence-corrected chi connectivity index (χ3v) is 5.80. The summed E-state index contributed by atoms with van der Waals surface area (Å²) in [5.74, 6) is -0.231. The summed E-state index contributed by atoms with van der Waals surface area (Å²) in [6.45, 7) is 7.26. The molecule has 0 saturated heterocycles. The van der Waals surface area contributed by atoms with Gasteiger partial charge in [0.25, 0.3) is 0 Å². The molecule has 2 heterocycles. The quantitative estimate of drug-likeness (QED) is 0.283. The number of hydrogen-bond donors (Lipinski definition) is 2. The van der Waals surface area contributed by atoms with Gasteiger partial charge in [0.2, 0.25) is 11.8 Å². The highest BCUT2D eigenvalue weighted by Gasteiger charge is 2.27. The second-order valence-electron chi connectivity index (χ2n) is 10.1. The number of pyridine rings is 2. The zero-order chi connectivity index (χ0) is 29.4. The zero-order valence-corrected chi connectivity index (χ0v) is 23.7. The van der Waals surface area contributed by atoms with Gasteiger partial charge in [-0.2, -0.15) is 10.2 Å². The maximum absolute atomic E-state index is 15.3. The van der Waals surface area contributed by atoms with Crippen LogP contribution in [0.2, 0.25) is 0 Å². The molecular weight excluding hydrogens is 517 g/mol. The van der Waals surface area contributed by atoms with Gasteiger partial charge in [-0.25, -0.2) is 9.37 Å². The molecule has 2 atom stereocenters. The van der Waals surface area contributed by atoms with Crippen LogP contribution in [-0.4, -0.2) is 42.9 Å². The fraction of sp³-hybridized carbons (Fsp3) is 0.379. The summed E-state index contributed by atoms with van der Waals surface area (Å²) in [6.07, 6.45) is 0.0700. The molecule has 0 bridgehead atoms. The van der Waals surface area contributed by atoms with Gasteiger partial charge < -0.3 is 29.6 Å². The molecule has 0 aliphatic carbocycles.